The monoisotopic (exact) mass is 1200 g/mol. The first-order valence-corrected chi connectivity index (χ1v) is 30.7. The molecular formula is C66H88F2N4O14. The number of carbonyl (C=O) groups is 4. The van der Waals surface area contributed by atoms with E-state index in [2.05, 4.69) is 23.6 Å². The molecule has 4 heterocycles. The second kappa shape index (κ2) is 32.2. The third kappa shape index (κ3) is 19.0. The Kier molecular flexibility index (Phi) is 24.7. The second-order valence-corrected chi connectivity index (χ2v) is 24.0. The van der Waals surface area contributed by atoms with Crippen LogP contribution in [0.4, 0.5) is 8.78 Å². The Bertz CT molecular complexity index is 2540. The van der Waals surface area contributed by atoms with Crippen LogP contribution >= 0.6 is 0 Å². The van der Waals surface area contributed by atoms with Crippen LogP contribution in [0.1, 0.15) is 127 Å². The van der Waals surface area contributed by atoms with Crippen LogP contribution in [0.2, 0.25) is 0 Å². The molecule has 6 atom stereocenters. The molecule has 0 aromatic heterocycles. The van der Waals surface area contributed by atoms with Crippen molar-refractivity contribution in [1.82, 2.24) is 19.6 Å². The Morgan fingerprint density at radius 2 is 0.837 bits per heavy atom. The number of esters is 2. The van der Waals surface area contributed by atoms with Gasteiger partial charge in [-0.25, -0.2) is 18.4 Å². The molecule has 4 aliphatic heterocycles. The van der Waals surface area contributed by atoms with Gasteiger partial charge < -0.3 is 67.7 Å². The van der Waals surface area contributed by atoms with Crippen molar-refractivity contribution in [3.63, 3.8) is 0 Å². The summed E-state index contributed by atoms with van der Waals surface area (Å²) in [6, 6.07) is 23.7. The van der Waals surface area contributed by atoms with E-state index in [1.54, 1.807) is 82.6 Å². The normalized spacial score (nSPS) is 19.3. The SMILES string of the molecule is CC(C)COc1ccc(C(OC(=O)C(O)C(O)C(=O)OC(C(=O)N(Cc2ccc(F)cc2)C2CCN(C(C)CC3OCCCO3)CC2)c2ccc(OCC(C)C)cc2)C(=O)N(Cc2ccc(F)cc2)C2CCN(C(C)CC3OCCCO3)CC2)cc1. The van der Waals surface area contributed by atoms with Gasteiger partial charge in [0, 0.05) is 87.4 Å². The van der Waals surface area contributed by atoms with Crippen LogP contribution in [0.15, 0.2) is 97.1 Å². The van der Waals surface area contributed by atoms with Gasteiger partial charge in [-0.05, 0) is 124 Å². The van der Waals surface area contributed by atoms with Gasteiger partial charge in [0.25, 0.3) is 11.8 Å². The predicted octanol–water partition coefficient (Wildman–Crippen LogP) is 8.69. The van der Waals surface area contributed by atoms with Crippen LogP contribution in [0.25, 0.3) is 0 Å². The van der Waals surface area contributed by atoms with Crippen LogP contribution in [0.3, 0.4) is 0 Å². The van der Waals surface area contributed by atoms with Crippen molar-refractivity contribution >= 4 is 23.8 Å². The van der Waals surface area contributed by atoms with E-state index in [0.29, 0.717) is 127 Å². The van der Waals surface area contributed by atoms with Gasteiger partial charge >= 0.3 is 11.9 Å². The minimum absolute atomic E-state index is 0.00611. The van der Waals surface area contributed by atoms with Gasteiger partial charge in [-0.1, -0.05) is 76.2 Å². The van der Waals surface area contributed by atoms with Crippen molar-refractivity contribution in [2.24, 2.45) is 11.8 Å². The summed E-state index contributed by atoms with van der Waals surface area (Å²) < 4.78 is 75.8. The third-order valence-electron chi connectivity index (χ3n) is 16.3. The Labute approximate surface area is 504 Å². The average molecular weight is 1200 g/mol. The highest BCUT2D eigenvalue weighted by atomic mass is 19.1. The fourth-order valence-corrected chi connectivity index (χ4v) is 11.3. The van der Waals surface area contributed by atoms with Crippen LogP contribution in [-0.2, 0) is 60.7 Å². The van der Waals surface area contributed by atoms with Crippen molar-refractivity contribution in [1.29, 1.82) is 0 Å². The minimum Gasteiger partial charge on any atom is -0.493 e. The molecule has 0 spiro atoms. The van der Waals surface area contributed by atoms with E-state index in [0.717, 1.165) is 12.8 Å². The maximum absolute atomic E-state index is 15.4. The number of aliphatic hydroxyl groups excluding tert-OH is 2. The molecule has 8 rings (SSSR count). The van der Waals surface area contributed by atoms with Crippen molar-refractivity contribution in [3.05, 3.63) is 131 Å². The first-order valence-electron chi connectivity index (χ1n) is 30.7. The number of nitrogens with zero attached hydrogens (tertiary/aromatic N) is 4. The molecule has 0 aliphatic carbocycles. The minimum atomic E-state index is -2.62. The van der Waals surface area contributed by atoms with E-state index < -0.39 is 59.8 Å². The number of piperidine rings is 2. The highest BCUT2D eigenvalue weighted by Gasteiger charge is 2.43. The number of hydrogen-bond donors (Lipinski definition) is 2. The van der Waals surface area contributed by atoms with Crippen LogP contribution < -0.4 is 9.47 Å². The fourth-order valence-electron chi connectivity index (χ4n) is 11.3. The number of halogens is 2. The molecule has 2 amide bonds. The van der Waals surface area contributed by atoms with Gasteiger partial charge in [0.1, 0.15) is 23.1 Å². The van der Waals surface area contributed by atoms with Crippen molar-refractivity contribution in [2.45, 2.75) is 167 Å². The van der Waals surface area contributed by atoms with Gasteiger partial charge in [0.2, 0.25) is 12.2 Å². The zero-order valence-corrected chi connectivity index (χ0v) is 50.6. The highest BCUT2D eigenvalue weighted by molar-refractivity contribution is 5.91. The maximum Gasteiger partial charge on any atom is 0.339 e. The molecule has 0 radical (unpaired) electrons. The Morgan fingerprint density at radius 3 is 1.15 bits per heavy atom. The van der Waals surface area contributed by atoms with E-state index in [1.807, 2.05) is 27.7 Å². The molecular weight excluding hydrogens is 1110 g/mol. The molecule has 6 unspecified atom stereocenters. The number of ether oxygens (including phenoxy) is 8. The summed E-state index contributed by atoms with van der Waals surface area (Å²) >= 11 is 0. The van der Waals surface area contributed by atoms with E-state index in [4.69, 9.17) is 37.9 Å². The molecule has 4 aliphatic rings. The van der Waals surface area contributed by atoms with E-state index in [9.17, 15) is 28.6 Å². The lowest BCUT2D eigenvalue weighted by Gasteiger charge is -2.42. The summed E-state index contributed by atoms with van der Waals surface area (Å²) in [4.78, 5) is 67.4. The quantitative estimate of drug-likeness (QED) is 0.0538. The lowest BCUT2D eigenvalue weighted by molar-refractivity contribution is -0.188. The molecule has 4 aromatic rings. The van der Waals surface area contributed by atoms with Gasteiger partial charge in [-0.2, -0.15) is 0 Å². The Balaban J connectivity index is 1.04. The molecule has 2 N–H and O–H groups in total. The van der Waals surface area contributed by atoms with Crippen LogP contribution in [-0.4, -0.2) is 168 Å². The standard InChI is InChI=1S/C66H88F2N4O14/c1-43(2)41-83-55-21-13-49(14-22-55)61(63(75)71(39-47-9-17-51(67)18-10-47)53-25-29-69(30-26-53)45(5)37-57-79-33-7-34-80-57)85-65(77)59(73)60(74)66(78)86-62(50-15-23-56(24-16-50)84-42-44(3)4)64(76)72(40-48-11-19-52(68)20-12-48)54-27-31-70(32-28-54)46(6)38-58-81-35-8-36-82-58/h9-24,43-46,53-54,57-62,73-74H,7-8,25-42H2,1-6H3. The van der Waals surface area contributed by atoms with Gasteiger partial charge in [0.05, 0.1) is 39.6 Å². The van der Waals surface area contributed by atoms with Crippen molar-refractivity contribution in [3.8, 4) is 11.5 Å². The summed E-state index contributed by atoms with van der Waals surface area (Å²) in [5.74, 6) is -3.92. The van der Waals surface area contributed by atoms with E-state index >= 15 is 9.59 Å². The van der Waals surface area contributed by atoms with Crippen molar-refractivity contribution in [2.75, 3.05) is 65.8 Å². The predicted molar refractivity (Wildman–Crippen MR) is 315 cm³/mol. The first-order chi connectivity index (χ1) is 41.4. The van der Waals surface area contributed by atoms with E-state index in [1.165, 1.54) is 24.3 Å². The second-order valence-electron chi connectivity index (χ2n) is 24.0. The summed E-state index contributed by atoms with van der Waals surface area (Å²) in [6.45, 7) is 18.1. The molecule has 0 bridgehead atoms. The summed E-state index contributed by atoms with van der Waals surface area (Å²) in [5, 5.41) is 23.4. The lowest BCUT2D eigenvalue weighted by atomic mass is 9.98. The van der Waals surface area contributed by atoms with Gasteiger partial charge in [0.15, 0.2) is 24.8 Å². The molecule has 4 aromatic carbocycles. The molecule has 20 heteroatoms. The molecule has 4 fully saturated rings. The first kappa shape index (κ1) is 65.9. The smallest absolute Gasteiger partial charge is 0.339 e. The molecule has 4 saturated heterocycles. The zero-order valence-electron chi connectivity index (χ0n) is 50.6. The summed E-state index contributed by atoms with van der Waals surface area (Å²) in [5.41, 5.74) is 1.62. The number of amides is 2. The van der Waals surface area contributed by atoms with Gasteiger partial charge in [-0.15, -0.1) is 0 Å². The average Bonchev–Trinajstić information content (AvgIpc) is 3.18. The Hall–Kier alpha value is -6.10. The summed E-state index contributed by atoms with van der Waals surface area (Å²) in [7, 11) is 0. The number of carbonyl (C=O) groups excluding carboxylic acids is 4. The van der Waals surface area contributed by atoms with Crippen LogP contribution in [0, 0.1) is 23.5 Å². The van der Waals surface area contributed by atoms with Gasteiger partial charge in [-0.3, -0.25) is 9.59 Å². The highest BCUT2D eigenvalue weighted by Crippen LogP contribution is 2.33. The number of hydrogen-bond acceptors (Lipinski definition) is 16. The lowest BCUT2D eigenvalue weighted by Crippen LogP contribution is -2.52. The maximum atomic E-state index is 15.4. The third-order valence-corrected chi connectivity index (χ3v) is 16.3. The molecule has 470 valence electrons. The van der Waals surface area contributed by atoms with Crippen LogP contribution in [0.5, 0.6) is 11.5 Å². The molecule has 86 heavy (non-hydrogen) atoms. The fraction of sp³-hybridized carbons (Fsp3) is 0.576. The van der Waals surface area contributed by atoms with E-state index in [-0.39, 0.29) is 72.8 Å². The largest absolute Gasteiger partial charge is 0.493 e. The number of aliphatic hydroxyl groups is 2. The Morgan fingerprint density at radius 1 is 0.512 bits per heavy atom. The topological polar surface area (TPSA) is 196 Å². The number of benzene rings is 4. The number of likely N-dealkylation sites (tertiary alicyclic amines) is 2. The number of rotatable bonds is 27. The molecule has 18 nitrogen and oxygen atoms in total. The zero-order chi connectivity index (χ0) is 61.3. The summed E-state index contributed by atoms with van der Waals surface area (Å²) in [6.07, 6.45) is -4.18. The molecule has 0 saturated carbocycles. The van der Waals surface area contributed by atoms with Crippen molar-refractivity contribution < 1.29 is 76.1 Å².